The summed E-state index contributed by atoms with van der Waals surface area (Å²) >= 11 is 12.6. The Hall–Kier alpha value is -3.15. The Morgan fingerprint density at radius 3 is 2.50 bits per heavy atom. The minimum absolute atomic E-state index is 0.0171. The zero-order valence-electron chi connectivity index (χ0n) is 21.0. The van der Waals surface area contributed by atoms with Gasteiger partial charge in [-0.2, -0.15) is 0 Å². The highest BCUT2D eigenvalue weighted by molar-refractivity contribution is 7.92. The number of sulfone groups is 1. The number of halogens is 2. The van der Waals surface area contributed by atoms with Gasteiger partial charge in [-0.25, -0.2) is 18.1 Å². The number of rotatable bonds is 9. The second-order valence-electron chi connectivity index (χ2n) is 8.99. The first-order valence-electron chi connectivity index (χ1n) is 12.0. The monoisotopic (exact) mass is 579 g/mol. The third-order valence-corrected chi connectivity index (χ3v) is 8.40. The molecule has 0 saturated carbocycles. The number of pyridine rings is 1. The molecule has 2 N–H and O–H groups in total. The van der Waals surface area contributed by atoms with Crippen molar-refractivity contribution in [2.45, 2.75) is 45.8 Å². The summed E-state index contributed by atoms with van der Waals surface area (Å²) in [5.41, 5.74) is 1.10. The number of aromatic nitrogens is 3. The van der Waals surface area contributed by atoms with Gasteiger partial charge < -0.3 is 15.4 Å². The van der Waals surface area contributed by atoms with Gasteiger partial charge >= 0.3 is 0 Å². The number of anilines is 1. The fourth-order valence-electron chi connectivity index (χ4n) is 4.05. The summed E-state index contributed by atoms with van der Waals surface area (Å²) in [7, 11) is -3.12. The van der Waals surface area contributed by atoms with Crippen molar-refractivity contribution in [1.29, 1.82) is 0 Å². The Morgan fingerprint density at radius 1 is 1.16 bits per heavy atom. The average Bonchev–Trinajstić information content (AvgIpc) is 3.26. The number of nitrogens with one attached hydrogen (secondary N) is 2. The van der Waals surface area contributed by atoms with Crippen LogP contribution in [0.5, 0.6) is 5.88 Å². The molecular weight excluding hydrogens is 553 g/mol. The Labute approximate surface area is 230 Å². The molecule has 0 unspecified atom stereocenters. The Balaban J connectivity index is 1.70. The van der Waals surface area contributed by atoms with Crippen molar-refractivity contribution in [2.24, 2.45) is 0 Å². The summed E-state index contributed by atoms with van der Waals surface area (Å²) in [4.78, 5) is 31.0. The van der Waals surface area contributed by atoms with Gasteiger partial charge in [-0.15, -0.1) is 5.10 Å². The number of amides is 2. The van der Waals surface area contributed by atoms with Crippen LogP contribution < -0.4 is 15.4 Å². The maximum absolute atomic E-state index is 13.6. The Bertz CT molecular complexity index is 1480. The van der Waals surface area contributed by atoms with Crippen LogP contribution in [-0.4, -0.2) is 58.6 Å². The molecule has 3 aromatic rings. The first-order valence-corrected chi connectivity index (χ1v) is 14.6. The number of carbonyl (C=O) groups excluding carboxylic acids is 2. The molecule has 202 valence electrons. The van der Waals surface area contributed by atoms with Crippen molar-refractivity contribution in [1.82, 2.24) is 20.1 Å². The summed E-state index contributed by atoms with van der Waals surface area (Å²) in [5.74, 6) is -1.03. The lowest BCUT2D eigenvalue weighted by atomic mass is 10.1. The smallest absolute Gasteiger partial charge is 0.274 e. The fraction of sp³-hybridized carbons (Fsp3) is 0.360. The van der Waals surface area contributed by atoms with Crippen LogP contribution in [0.1, 0.15) is 53.1 Å². The number of carbonyl (C=O) groups is 2. The van der Waals surface area contributed by atoms with E-state index in [1.165, 1.54) is 23.0 Å². The van der Waals surface area contributed by atoms with Crippen molar-refractivity contribution in [2.75, 3.05) is 16.8 Å². The predicted molar refractivity (Wildman–Crippen MR) is 145 cm³/mol. The summed E-state index contributed by atoms with van der Waals surface area (Å²) in [6.45, 7) is 5.68. The largest absolute Gasteiger partial charge is 0.471 e. The minimum Gasteiger partial charge on any atom is -0.471 e. The zero-order valence-corrected chi connectivity index (χ0v) is 23.3. The van der Waals surface area contributed by atoms with E-state index in [2.05, 4.69) is 20.7 Å². The molecule has 1 aliphatic heterocycles. The molecule has 1 aromatic carbocycles. The lowest BCUT2D eigenvalue weighted by Gasteiger charge is -2.25. The van der Waals surface area contributed by atoms with Crippen LogP contribution in [0.2, 0.25) is 10.0 Å². The number of ether oxygens (including phenoxy) is 1. The molecule has 10 nitrogen and oxygen atoms in total. The van der Waals surface area contributed by atoms with Gasteiger partial charge in [0.15, 0.2) is 15.7 Å². The van der Waals surface area contributed by atoms with Crippen molar-refractivity contribution in [3.8, 4) is 11.7 Å². The van der Waals surface area contributed by atoms with E-state index in [4.69, 9.17) is 27.9 Å². The molecule has 0 bridgehead atoms. The number of nitrogens with zero attached hydrogens (tertiary/aromatic N) is 3. The molecule has 1 fully saturated rings. The van der Waals surface area contributed by atoms with E-state index < -0.39 is 21.8 Å². The first-order chi connectivity index (χ1) is 18.0. The van der Waals surface area contributed by atoms with Gasteiger partial charge in [-0.3, -0.25) is 9.59 Å². The molecule has 0 aliphatic carbocycles. The highest BCUT2D eigenvalue weighted by atomic mass is 35.5. The van der Waals surface area contributed by atoms with Gasteiger partial charge in [0.1, 0.15) is 11.8 Å². The van der Waals surface area contributed by atoms with Gasteiger partial charge in [0.05, 0.1) is 27.8 Å². The van der Waals surface area contributed by atoms with Crippen molar-refractivity contribution in [3.63, 3.8) is 0 Å². The van der Waals surface area contributed by atoms with Crippen LogP contribution in [-0.2, 0) is 9.84 Å². The molecule has 2 amide bonds. The van der Waals surface area contributed by atoms with Gasteiger partial charge in [-0.05, 0) is 49.6 Å². The molecule has 1 aliphatic rings. The van der Waals surface area contributed by atoms with E-state index in [9.17, 15) is 18.0 Å². The SMILES string of the molecule is CCC(CC)NC(=O)c1cc(Cl)cc(C)c1NC(=O)c1cc(OC2CS(=O)(=O)C2)nn1-c1ncccc1Cl. The van der Waals surface area contributed by atoms with Crippen molar-refractivity contribution >= 4 is 50.5 Å². The molecule has 13 heteroatoms. The predicted octanol–water partition coefficient (Wildman–Crippen LogP) is 4.23. The highest BCUT2D eigenvalue weighted by Crippen LogP contribution is 2.29. The molecule has 1 saturated heterocycles. The van der Waals surface area contributed by atoms with Gasteiger partial charge in [-0.1, -0.05) is 37.0 Å². The molecule has 38 heavy (non-hydrogen) atoms. The lowest BCUT2D eigenvalue weighted by Crippen LogP contribution is -2.45. The van der Waals surface area contributed by atoms with Crippen LogP contribution in [0.25, 0.3) is 5.82 Å². The standard InChI is InChI=1S/C25H27Cl2N5O5S/c1-4-16(5-2)29-24(33)18-10-15(26)9-14(3)22(18)30-25(34)20-11-21(37-17-12-38(35,36)13-17)31-32(20)23-19(27)7-6-8-28-23/h6-11,16-17H,4-5,12-13H2,1-3H3,(H,29,33)(H,30,34). The summed E-state index contributed by atoms with van der Waals surface area (Å²) in [6.07, 6.45) is 2.42. The van der Waals surface area contributed by atoms with E-state index in [0.29, 0.717) is 10.6 Å². The fourth-order valence-corrected chi connectivity index (χ4v) is 5.70. The molecule has 3 heterocycles. The second kappa shape index (κ2) is 11.3. The molecule has 0 radical (unpaired) electrons. The van der Waals surface area contributed by atoms with Crippen LogP contribution >= 0.6 is 23.2 Å². The summed E-state index contributed by atoms with van der Waals surface area (Å²) < 4.78 is 30.0. The molecule has 0 spiro atoms. The van der Waals surface area contributed by atoms with Crippen LogP contribution in [0.4, 0.5) is 5.69 Å². The Kier molecular flexibility index (Phi) is 8.29. The summed E-state index contributed by atoms with van der Waals surface area (Å²) in [6, 6.07) is 7.71. The molecule has 4 rings (SSSR count). The number of aryl methyl sites for hydroxylation is 1. The van der Waals surface area contributed by atoms with E-state index in [1.54, 1.807) is 25.1 Å². The van der Waals surface area contributed by atoms with E-state index in [1.807, 2.05) is 13.8 Å². The van der Waals surface area contributed by atoms with Gasteiger partial charge in [0.2, 0.25) is 5.88 Å². The third kappa shape index (κ3) is 6.11. The van der Waals surface area contributed by atoms with Gasteiger partial charge in [0.25, 0.3) is 11.8 Å². The maximum atomic E-state index is 13.6. The third-order valence-electron chi connectivity index (χ3n) is 6.13. The highest BCUT2D eigenvalue weighted by Gasteiger charge is 2.36. The van der Waals surface area contributed by atoms with Crippen LogP contribution in [0, 0.1) is 6.92 Å². The van der Waals surface area contributed by atoms with Crippen molar-refractivity contribution < 1.29 is 22.7 Å². The quantitative estimate of drug-likeness (QED) is 0.387. The molecule has 2 aromatic heterocycles. The number of benzene rings is 1. The Morgan fingerprint density at radius 2 is 1.87 bits per heavy atom. The second-order valence-corrected chi connectivity index (χ2v) is 12.0. The van der Waals surface area contributed by atoms with Crippen LogP contribution in [0.15, 0.2) is 36.5 Å². The average molecular weight is 580 g/mol. The van der Waals surface area contributed by atoms with E-state index in [-0.39, 0.29) is 57.1 Å². The number of hydrogen-bond acceptors (Lipinski definition) is 7. The maximum Gasteiger partial charge on any atom is 0.274 e. The molecular formula is C25H27Cl2N5O5S. The van der Waals surface area contributed by atoms with Crippen LogP contribution in [0.3, 0.4) is 0 Å². The molecule has 0 atom stereocenters. The zero-order chi connectivity index (χ0) is 27.6. The van der Waals surface area contributed by atoms with E-state index >= 15 is 0 Å². The lowest BCUT2D eigenvalue weighted by molar-refractivity contribution is 0.0935. The van der Waals surface area contributed by atoms with Crippen molar-refractivity contribution in [3.05, 3.63) is 63.4 Å². The normalized spacial score (nSPS) is 14.7. The summed E-state index contributed by atoms with van der Waals surface area (Å²) in [5, 5.41) is 10.7. The number of hydrogen-bond donors (Lipinski definition) is 2. The first kappa shape index (κ1) is 27.9. The van der Waals surface area contributed by atoms with E-state index in [0.717, 1.165) is 12.8 Å². The van der Waals surface area contributed by atoms with Gasteiger partial charge in [0, 0.05) is 23.3 Å². The topological polar surface area (TPSA) is 132 Å². The minimum atomic E-state index is -3.12.